The van der Waals surface area contributed by atoms with Gasteiger partial charge in [-0.05, 0) is 37.5 Å². The number of hydrogen-bond acceptors (Lipinski definition) is 4. The molecule has 2 aromatic rings. The van der Waals surface area contributed by atoms with Crippen LogP contribution in [0.1, 0.15) is 30.4 Å². The molecule has 0 spiro atoms. The Hall–Kier alpha value is -1.92. The summed E-state index contributed by atoms with van der Waals surface area (Å²) in [6, 6.07) is 17.1. The Morgan fingerprint density at radius 2 is 1.85 bits per heavy atom. The Balaban J connectivity index is 0.00000210. The highest BCUT2D eigenvalue weighted by Gasteiger charge is 2.44. The molecule has 0 N–H and O–H groups in total. The molecule has 0 amide bonds. The van der Waals surface area contributed by atoms with Gasteiger partial charge in [0.15, 0.2) is 0 Å². The molecule has 1 saturated carbocycles. The highest BCUT2D eigenvalue weighted by molar-refractivity contribution is 8.93. The van der Waals surface area contributed by atoms with Crippen LogP contribution in [-0.2, 0) is 0 Å². The van der Waals surface area contributed by atoms with E-state index in [4.69, 9.17) is 0 Å². The first-order chi connectivity index (χ1) is 12.5. The van der Waals surface area contributed by atoms with E-state index >= 15 is 0 Å². The van der Waals surface area contributed by atoms with Gasteiger partial charge < -0.3 is 4.90 Å². The second-order valence-corrected chi connectivity index (χ2v) is 7.59. The number of nitrogens with zero attached hydrogens (tertiary/aromatic N) is 3. The molecule has 144 valence electrons. The Labute approximate surface area is 170 Å². The Morgan fingerprint density at radius 3 is 2.48 bits per heavy atom. The van der Waals surface area contributed by atoms with E-state index in [0.29, 0.717) is 18.0 Å². The first-order valence-corrected chi connectivity index (χ1v) is 9.35. The van der Waals surface area contributed by atoms with E-state index in [1.807, 2.05) is 13.0 Å². The molecule has 4 rings (SSSR count). The molecule has 5 nitrogen and oxygen atoms in total. The first-order valence-electron chi connectivity index (χ1n) is 9.35. The molecule has 1 heterocycles. The van der Waals surface area contributed by atoms with Gasteiger partial charge in [0.2, 0.25) is 0 Å². The van der Waals surface area contributed by atoms with Crippen LogP contribution in [0.15, 0.2) is 48.5 Å². The largest absolute Gasteiger partial charge is 0.366 e. The first kappa shape index (κ1) is 19.8. The minimum absolute atomic E-state index is 0. The molecular weight excluding hydrogens is 406 g/mol. The van der Waals surface area contributed by atoms with Crippen LogP contribution in [-0.4, -0.2) is 41.5 Å². The SMILES string of the molecule is Br.Cc1cc([N+](=O)[O-])ccc1N1CCN(C2CC2c2ccccc2)CC1C. The summed E-state index contributed by atoms with van der Waals surface area (Å²) in [6.45, 7) is 7.29. The number of nitro groups is 1. The summed E-state index contributed by atoms with van der Waals surface area (Å²) in [7, 11) is 0. The Bertz CT molecular complexity index is 814. The molecule has 0 radical (unpaired) electrons. The van der Waals surface area contributed by atoms with Crippen molar-refractivity contribution in [3.63, 3.8) is 0 Å². The molecule has 1 saturated heterocycles. The second-order valence-electron chi connectivity index (χ2n) is 7.59. The van der Waals surface area contributed by atoms with E-state index in [2.05, 4.69) is 47.1 Å². The molecule has 2 aromatic carbocycles. The summed E-state index contributed by atoms with van der Waals surface area (Å²) >= 11 is 0. The van der Waals surface area contributed by atoms with Crippen molar-refractivity contribution < 1.29 is 4.92 Å². The lowest BCUT2D eigenvalue weighted by Crippen LogP contribution is -2.53. The van der Waals surface area contributed by atoms with Crippen molar-refractivity contribution in [1.82, 2.24) is 4.90 Å². The predicted octanol–water partition coefficient (Wildman–Crippen LogP) is 4.55. The molecule has 0 aromatic heterocycles. The molecule has 3 unspecified atom stereocenters. The molecule has 2 aliphatic rings. The van der Waals surface area contributed by atoms with Crippen LogP contribution in [0, 0.1) is 17.0 Å². The number of rotatable bonds is 4. The van der Waals surface area contributed by atoms with Crippen molar-refractivity contribution in [2.45, 2.75) is 38.3 Å². The quantitative estimate of drug-likeness (QED) is 0.526. The van der Waals surface area contributed by atoms with E-state index < -0.39 is 0 Å². The summed E-state index contributed by atoms with van der Waals surface area (Å²) in [5.41, 5.74) is 3.73. The summed E-state index contributed by atoms with van der Waals surface area (Å²) in [5.74, 6) is 0.677. The van der Waals surface area contributed by atoms with Gasteiger partial charge in [-0.1, -0.05) is 30.3 Å². The number of benzene rings is 2. The zero-order valence-electron chi connectivity index (χ0n) is 15.7. The maximum atomic E-state index is 11.0. The average molecular weight is 432 g/mol. The number of hydrogen-bond donors (Lipinski definition) is 0. The van der Waals surface area contributed by atoms with Gasteiger partial charge in [0.05, 0.1) is 4.92 Å². The van der Waals surface area contributed by atoms with Crippen molar-refractivity contribution in [2.75, 3.05) is 24.5 Å². The third kappa shape index (κ3) is 4.01. The van der Waals surface area contributed by atoms with E-state index in [1.54, 1.807) is 12.1 Å². The van der Waals surface area contributed by atoms with E-state index in [-0.39, 0.29) is 27.6 Å². The molecule has 1 aliphatic heterocycles. The summed E-state index contributed by atoms with van der Waals surface area (Å²) < 4.78 is 0. The highest BCUT2D eigenvalue weighted by Crippen LogP contribution is 2.45. The van der Waals surface area contributed by atoms with Crippen molar-refractivity contribution in [2.24, 2.45) is 0 Å². The van der Waals surface area contributed by atoms with Gasteiger partial charge in [-0.3, -0.25) is 15.0 Å². The second kappa shape index (κ2) is 7.98. The molecule has 27 heavy (non-hydrogen) atoms. The Kier molecular flexibility index (Phi) is 5.86. The smallest absolute Gasteiger partial charge is 0.269 e. The maximum absolute atomic E-state index is 11.0. The van der Waals surface area contributed by atoms with Gasteiger partial charge in [0.1, 0.15) is 0 Å². The van der Waals surface area contributed by atoms with Gasteiger partial charge in [-0.25, -0.2) is 0 Å². The number of aryl methyl sites for hydroxylation is 1. The molecule has 1 aliphatic carbocycles. The Morgan fingerprint density at radius 1 is 1.11 bits per heavy atom. The lowest BCUT2D eigenvalue weighted by atomic mass is 10.1. The van der Waals surface area contributed by atoms with Crippen molar-refractivity contribution in [1.29, 1.82) is 0 Å². The third-order valence-electron chi connectivity index (χ3n) is 5.81. The van der Waals surface area contributed by atoms with Gasteiger partial charge in [-0.15, -0.1) is 17.0 Å². The van der Waals surface area contributed by atoms with Crippen molar-refractivity contribution in [3.05, 3.63) is 69.8 Å². The van der Waals surface area contributed by atoms with Crippen LogP contribution in [0.2, 0.25) is 0 Å². The van der Waals surface area contributed by atoms with Gasteiger partial charge in [0, 0.05) is 55.5 Å². The minimum atomic E-state index is -0.324. The fourth-order valence-electron chi connectivity index (χ4n) is 4.36. The third-order valence-corrected chi connectivity index (χ3v) is 5.81. The molecule has 0 bridgehead atoms. The van der Waals surface area contributed by atoms with Crippen LogP contribution >= 0.6 is 17.0 Å². The average Bonchev–Trinajstić information content (AvgIpc) is 3.43. The van der Waals surface area contributed by atoms with E-state index in [0.717, 1.165) is 30.9 Å². The zero-order chi connectivity index (χ0) is 18.3. The van der Waals surface area contributed by atoms with Crippen LogP contribution in [0.3, 0.4) is 0 Å². The summed E-state index contributed by atoms with van der Waals surface area (Å²) in [5, 5.41) is 11.0. The standard InChI is InChI=1S/C21H25N3O2.BrH/c1-15-12-18(24(25)26)8-9-20(15)23-11-10-22(14-16(23)2)21-13-19(21)17-6-4-3-5-7-17;/h3-9,12,16,19,21H,10-11,13-14H2,1-2H3;1H. The van der Waals surface area contributed by atoms with Crippen LogP contribution in [0.25, 0.3) is 0 Å². The lowest BCUT2D eigenvalue weighted by Gasteiger charge is -2.42. The van der Waals surface area contributed by atoms with Crippen molar-refractivity contribution in [3.8, 4) is 0 Å². The van der Waals surface area contributed by atoms with E-state index in [1.165, 1.54) is 12.0 Å². The molecule has 6 heteroatoms. The number of halogens is 1. The van der Waals surface area contributed by atoms with Crippen molar-refractivity contribution >= 4 is 28.4 Å². The molecular formula is C21H26BrN3O2. The summed E-state index contributed by atoms with van der Waals surface area (Å²) in [4.78, 5) is 15.7. The van der Waals surface area contributed by atoms with Crippen LogP contribution in [0.4, 0.5) is 11.4 Å². The monoisotopic (exact) mass is 431 g/mol. The number of nitro benzene ring substituents is 1. The molecule has 3 atom stereocenters. The number of anilines is 1. The zero-order valence-corrected chi connectivity index (χ0v) is 17.5. The fourth-order valence-corrected chi connectivity index (χ4v) is 4.36. The molecule has 2 fully saturated rings. The normalized spacial score (nSPS) is 25.0. The summed E-state index contributed by atoms with van der Waals surface area (Å²) in [6.07, 6.45) is 1.26. The van der Waals surface area contributed by atoms with Gasteiger partial charge in [-0.2, -0.15) is 0 Å². The van der Waals surface area contributed by atoms with Gasteiger partial charge in [0.25, 0.3) is 5.69 Å². The number of piperazine rings is 1. The number of non-ortho nitro benzene ring substituents is 1. The van der Waals surface area contributed by atoms with Gasteiger partial charge >= 0.3 is 0 Å². The van der Waals surface area contributed by atoms with E-state index in [9.17, 15) is 10.1 Å². The maximum Gasteiger partial charge on any atom is 0.269 e. The lowest BCUT2D eigenvalue weighted by molar-refractivity contribution is -0.384. The topological polar surface area (TPSA) is 49.6 Å². The minimum Gasteiger partial charge on any atom is -0.366 e. The highest BCUT2D eigenvalue weighted by atomic mass is 79.9. The van der Waals surface area contributed by atoms with Crippen LogP contribution < -0.4 is 4.90 Å². The van der Waals surface area contributed by atoms with Crippen LogP contribution in [0.5, 0.6) is 0 Å². The fraction of sp³-hybridized carbons (Fsp3) is 0.429. The predicted molar refractivity (Wildman–Crippen MR) is 114 cm³/mol.